The van der Waals surface area contributed by atoms with Gasteiger partial charge in [0.1, 0.15) is 5.75 Å². The fourth-order valence-corrected chi connectivity index (χ4v) is 3.23. The van der Waals surface area contributed by atoms with E-state index in [2.05, 4.69) is 13.8 Å². The monoisotopic (exact) mass is 268 g/mol. The van der Waals surface area contributed by atoms with Gasteiger partial charge in [-0.2, -0.15) is 0 Å². The molecule has 0 aromatic heterocycles. The molecule has 1 N–H and O–H groups in total. The molecule has 0 amide bonds. The average Bonchev–Trinajstić information content (AvgIpc) is 2.68. The van der Waals surface area contributed by atoms with Crippen molar-refractivity contribution < 1.29 is 9.84 Å². The van der Waals surface area contributed by atoms with E-state index in [9.17, 15) is 5.11 Å². The summed E-state index contributed by atoms with van der Waals surface area (Å²) in [6.07, 6.45) is 3.02. The van der Waals surface area contributed by atoms with E-state index in [0.717, 1.165) is 12.0 Å². The standard InChI is InChI=1S/C15H21ClO2/c1-15(2)8-4-5-11(15)14(17)10-6-7-12(16)13(9-10)18-3/h6-7,9,11,14,17H,4-5,8H2,1-3H3. The minimum atomic E-state index is -0.436. The van der Waals surface area contributed by atoms with E-state index in [4.69, 9.17) is 16.3 Å². The van der Waals surface area contributed by atoms with Gasteiger partial charge in [-0.3, -0.25) is 0 Å². The molecule has 18 heavy (non-hydrogen) atoms. The molecule has 0 aliphatic heterocycles. The molecule has 0 heterocycles. The maximum Gasteiger partial charge on any atom is 0.137 e. The van der Waals surface area contributed by atoms with Gasteiger partial charge in [-0.15, -0.1) is 0 Å². The van der Waals surface area contributed by atoms with Crippen molar-refractivity contribution in [3.8, 4) is 5.75 Å². The lowest BCUT2D eigenvalue weighted by Crippen LogP contribution is -2.24. The van der Waals surface area contributed by atoms with Crippen molar-refractivity contribution in [2.75, 3.05) is 7.11 Å². The van der Waals surface area contributed by atoms with Crippen LogP contribution in [0.15, 0.2) is 18.2 Å². The molecular formula is C15H21ClO2. The van der Waals surface area contributed by atoms with E-state index in [1.807, 2.05) is 12.1 Å². The van der Waals surface area contributed by atoms with Crippen molar-refractivity contribution in [2.24, 2.45) is 11.3 Å². The zero-order valence-corrected chi connectivity index (χ0v) is 12.0. The number of hydrogen-bond donors (Lipinski definition) is 1. The molecule has 1 fully saturated rings. The lowest BCUT2D eigenvalue weighted by Gasteiger charge is -2.31. The predicted molar refractivity (Wildman–Crippen MR) is 74.1 cm³/mol. The van der Waals surface area contributed by atoms with Gasteiger partial charge in [-0.25, -0.2) is 0 Å². The van der Waals surface area contributed by atoms with Crippen LogP contribution in [0, 0.1) is 11.3 Å². The lowest BCUT2D eigenvalue weighted by molar-refractivity contribution is 0.0530. The highest BCUT2D eigenvalue weighted by atomic mass is 35.5. The molecule has 1 aliphatic carbocycles. The molecule has 0 saturated heterocycles. The van der Waals surface area contributed by atoms with Crippen molar-refractivity contribution in [1.82, 2.24) is 0 Å². The summed E-state index contributed by atoms with van der Waals surface area (Å²) in [5.41, 5.74) is 1.10. The minimum Gasteiger partial charge on any atom is -0.495 e. The quantitative estimate of drug-likeness (QED) is 0.890. The molecule has 1 saturated carbocycles. The average molecular weight is 269 g/mol. The van der Waals surface area contributed by atoms with E-state index < -0.39 is 6.10 Å². The first-order valence-corrected chi connectivity index (χ1v) is 6.85. The Morgan fingerprint density at radius 1 is 1.44 bits per heavy atom. The number of hydrogen-bond acceptors (Lipinski definition) is 2. The van der Waals surface area contributed by atoms with E-state index in [1.165, 1.54) is 12.8 Å². The summed E-state index contributed by atoms with van der Waals surface area (Å²) in [5.74, 6) is 0.937. The van der Waals surface area contributed by atoms with Gasteiger partial charge in [0, 0.05) is 0 Å². The zero-order chi connectivity index (χ0) is 13.3. The Balaban J connectivity index is 2.26. The second kappa shape index (κ2) is 5.10. The Bertz CT molecular complexity index is 429. The summed E-state index contributed by atoms with van der Waals surface area (Å²) in [7, 11) is 1.59. The van der Waals surface area contributed by atoms with Gasteiger partial charge in [0.2, 0.25) is 0 Å². The van der Waals surface area contributed by atoms with Gasteiger partial charge in [-0.05, 0) is 41.9 Å². The second-order valence-electron chi connectivity index (χ2n) is 5.83. The number of methoxy groups -OCH3 is 1. The SMILES string of the molecule is COc1cc(C(O)C2CCCC2(C)C)ccc1Cl. The Labute approximate surface area is 114 Å². The third-order valence-electron chi connectivity index (χ3n) is 4.24. The van der Waals surface area contributed by atoms with E-state index >= 15 is 0 Å². The molecule has 2 atom stereocenters. The molecule has 1 aromatic rings. The van der Waals surface area contributed by atoms with Gasteiger partial charge in [-0.1, -0.05) is 37.9 Å². The molecule has 3 heteroatoms. The van der Waals surface area contributed by atoms with Crippen molar-refractivity contribution >= 4 is 11.6 Å². The molecule has 2 unspecified atom stereocenters. The van der Waals surface area contributed by atoms with Gasteiger partial charge in [0.25, 0.3) is 0 Å². The first-order chi connectivity index (χ1) is 8.45. The maximum atomic E-state index is 10.6. The van der Waals surface area contributed by atoms with Crippen LogP contribution in [0.4, 0.5) is 0 Å². The summed E-state index contributed by atoms with van der Waals surface area (Å²) in [6, 6.07) is 5.53. The first-order valence-electron chi connectivity index (χ1n) is 6.47. The molecule has 1 aliphatic rings. The highest BCUT2D eigenvalue weighted by molar-refractivity contribution is 6.32. The molecule has 0 spiro atoms. The number of rotatable bonds is 3. The van der Waals surface area contributed by atoms with Crippen LogP contribution in [0.3, 0.4) is 0 Å². The predicted octanol–water partition coefficient (Wildman–Crippen LogP) is 4.21. The van der Waals surface area contributed by atoms with Crippen molar-refractivity contribution in [1.29, 1.82) is 0 Å². The fraction of sp³-hybridized carbons (Fsp3) is 0.600. The summed E-state index contributed by atoms with van der Waals surface area (Å²) in [6.45, 7) is 4.47. The lowest BCUT2D eigenvalue weighted by atomic mass is 9.77. The van der Waals surface area contributed by atoms with E-state index in [1.54, 1.807) is 13.2 Å². The molecule has 1 aromatic carbocycles. The highest BCUT2D eigenvalue weighted by Gasteiger charge is 2.39. The largest absolute Gasteiger partial charge is 0.495 e. The summed E-state index contributed by atoms with van der Waals surface area (Å²) in [5, 5.41) is 11.2. The molecule has 0 bridgehead atoms. The third kappa shape index (κ3) is 2.50. The van der Waals surface area contributed by atoms with Crippen LogP contribution in [0.25, 0.3) is 0 Å². The maximum absolute atomic E-state index is 10.6. The van der Waals surface area contributed by atoms with Gasteiger partial charge >= 0.3 is 0 Å². The molecular weight excluding hydrogens is 248 g/mol. The van der Waals surface area contributed by atoms with Crippen LogP contribution in [0.1, 0.15) is 44.8 Å². The zero-order valence-electron chi connectivity index (χ0n) is 11.2. The Morgan fingerprint density at radius 2 is 2.17 bits per heavy atom. The second-order valence-corrected chi connectivity index (χ2v) is 6.23. The first kappa shape index (κ1) is 13.7. The number of ether oxygens (including phenoxy) is 1. The number of aliphatic hydroxyl groups is 1. The molecule has 100 valence electrons. The minimum absolute atomic E-state index is 0.201. The Kier molecular flexibility index (Phi) is 3.88. The molecule has 0 radical (unpaired) electrons. The summed E-state index contributed by atoms with van der Waals surface area (Å²) < 4.78 is 5.21. The van der Waals surface area contributed by atoms with Gasteiger partial charge in [0.05, 0.1) is 18.2 Å². The van der Waals surface area contributed by atoms with Gasteiger partial charge in [0.15, 0.2) is 0 Å². The summed E-state index contributed by atoms with van der Waals surface area (Å²) >= 11 is 6.01. The number of aliphatic hydroxyl groups excluding tert-OH is 1. The number of halogens is 1. The normalized spacial score (nSPS) is 23.9. The molecule has 2 nitrogen and oxygen atoms in total. The number of benzene rings is 1. The Morgan fingerprint density at radius 3 is 2.72 bits per heavy atom. The van der Waals surface area contributed by atoms with Crippen molar-refractivity contribution in [3.05, 3.63) is 28.8 Å². The van der Waals surface area contributed by atoms with Gasteiger partial charge < -0.3 is 9.84 Å². The smallest absolute Gasteiger partial charge is 0.137 e. The van der Waals surface area contributed by atoms with Crippen LogP contribution in [-0.2, 0) is 0 Å². The van der Waals surface area contributed by atoms with E-state index in [0.29, 0.717) is 16.7 Å². The van der Waals surface area contributed by atoms with Crippen LogP contribution in [0.2, 0.25) is 5.02 Å². The Hall–Kier alpha value is -0.730. The summed E-state index contributed by atoms with van der Waals surface area (Å²) in [4.78, 5) is 0. The third-order valence-corrected chi connectivity index (χ3v) is 4.55. The van der Waals surface area contributed by atoms with Crippen LogP contribution < -0.4 is 4.74 Å². The topological polar surface area (TPSA) is 29.5 Å². The van der Waals surface area contributed by atoms with Crippen LogP contribution >= 0.6 is 11.6 Å². The molecule has 2 rings (SSSR count). The highest BCUT2D eigenvalue weighted by Crippen LogP contribution is 2.49. The van der Waals surface area contributed by atoms with Crippen molar-refractivity contribution in [2.45, 2.75) is 39.2 Å². The fourth-order valence-electron chi connectivity index (χ4n) is 3.03. The van der Waals surface area contributed by atoms with Crippen LogP contribution in [-0.4, -0.2) is 12.2 Å². The van der Waals surface area contributed by atoms with Crippen molar-refractivity contribution in [3.63, 3.8) is 0 Å². The van der Waals surface area contributed by atoms with E-state index in [-0.39, 0.29) is 5.41 Å². The van der Waals surface area contributed by atoms with Crippen LogP contribution in [0.5, 0.6) is 5.75 Å².